The molecule has 0 unspecified atom stereocenters. The van der Waals surface area contributed by atoms with Crippen LogP contribution in [0.25, 0.3) is 21.8 Å². The molecule has 1 aromatic heterocycles. The second-order valence-electron chi connectivity index (χ2n) is 8.86. The van der Waals surface area contributed by atoms with Gasteiger partial charge in [0.15, 0.2) is 0 Å². The quantitative estimate of drug-likeness (QED) is 0.247. The number of hydrogen-bond acceptors (Lipinski definition) is 6. The number of nitrogens with zero attached hydrogens (tertiary/aromatic N) is 2. The van der Waals surface area contributed by atoms with Crippen LogP contribution in [0, 0.1) is 0 Å². The molecular weight excluding hydrogens is 456 g/mol. The molecule has 0 amide bonds. The molecule has 192 valence electrons. The number of para-hydroxylation sites is 2. The molecule has 4 aromatic rings. The Bertz CT molecular complexity index is 1150. The molecule has 1 atom stereocenters. The maximum Gasteiger partial charge on any atom is 0.119 e. The van der Waals surface area contributed by atoms with Crippen molar-refractivity contribution >= 4 is 21.8 Å². The second-order valence-corrected chi connectivity index (χ2v) is 8.86. The van der Waals surface area contributed by atoms with E-state index >= 15 is 0 Å². The van der Waals surface area contributed by atoms with Crippen LogP contribution in [-0.4, -0.2) is 79.0 Å². The van der Waals surface area contributed by atoms with Gasteiger partial charge in [0.25, 0.3) is 0 Å². The van der Waals surface area contributed by atoms with Crippen molar-refractivity contribution in [3.05, 3.63) is 78.4 Å². The fourth-order valence-corrected chi connectivity index (χ4v) is 4.56. The molecule has 3 aromatic carbocycles. The first-order valence-electron chi connectivity index (χ1n) is 12.4. The van der Waals surface area contributed by atoms with Gasteiger partial charge in [-0.2, -0.15) is 0 Å². The fourth-order valence-electron chi connectivity index (χ4n) is 4.56. The van der Waals surface area contributed by atoms with Crippen LogP contribution in [0.5, 0.6) is 5.75 Å². The van der Waals surface area contributed by atoms with Crippen LogP contribution in [0.15, 0.2) is 72.8 Å². The third kappa shape index (κ3) is 6.84. The first kappa shape index (κ1) is 26.1. The van der Waals surface area contributed by atoms with E-state index in [0.717, 1.165) is 28.9 Å². The fraction of sp³-hybridized carbons (Fsp3) is 0.379. The van der Waals surface area contributed by atoms with Crippen molar-refractivity contribution in [1.29, 1.82) is 0 Å². The average Bonchev–Trinajstić information content (AvgIpc) is 3.21. The van der Waals surface area contributed by atoms with Gasteiger partial charge >= 0.3 is 0 Å². The lowest BCUT2D eigenvalue weighted by Gasteiger charge is -2.25. The van der Waals surface area contributed by atoms with Gasteiger partial charge in [0.1, 0.15) is 12.4 Å². The molecule has 0 fully saturated rings. The lowest BCUT2D eigenvalue weighted by Crippen LogP contribution is -2.36. The largest absolute Gasteiger partial charge is 0.491 e. The molecule has 4 rings (SSSR count). The van der Waals surface area contributed by atoms with Gasteiger partial charge in [0.05, 0.1) is 39.1 Å². The molecule has 0 saturated carbocycles. The summed E-state index contributed by atoms with van der Waals surface area (Å²) in [6, 6.07) is 24.7. The molecule has 7 heteroatoms. The smallest absolute Gasteiger partial charge is 0.119 e. The van der Waals surface area contributed by atoms with Gasteiger partial charge in [0.2, 0.25) is 0 Å². The van der Waals surface area contributed by atoms with Gasteiger partial charge in [-0.1, -0.05) is 48.5 Å². The van der Waals surface area contributed by atoms with Crippen molar-refractivity contribution in [2.75, 3.05) is 53.2 Å². The summed E-state index contributed by atoms with van der Waals surface area (Å²) in [7, 11) is 1.70. The molecule has 1 heterocycles. The Kier molecular flexibility index (Phi) is 9.72. The molecular formula is C29H36N2O5. The summed E-state index contributed by atoms with van der Waals surface area (Å²) in [5.41, 5.74) is 3.41. The Balaban J connectivity index is 1.39. The lowest BCUT2D eigenvalue weighted by molar-refractivity contribution is 0.0704. The highest BCUT2D eigenvalue weighted by molar-refractivity contribution is 6.07. The van der Waals surface area contributed by atoms with Crippen molar-refractivity contribution in [2.45, 2.75) is 19.2 Å². The zero-order chi connectivity index (χ0) is 25.2. The highest BCUT2D eigenvalue weighted by atomic mass is 16.5. The summed E-state index contributed by atoms with van der Waals surface area (Å²) in [4.78, 5) is 2.22. The number of aliphatic hydroxyl groups is 2. The minimum absolute atomic E-state index is 0.0155. The highest BCUT2D eigenvalue weighted by Crippen LogP contribution is 2.29. The van der Waals surface area contributed by atoms with E-state index in [9.17, 15) is 5.11 Å². The third-order valence-corrected chi connectivity index (χ3v) is 6.22. The standard InChI is InChI=1S/C29H36N2O5/c1-34-16-14-30(20-23-10-12-25(13-11-23)36-19-18-35-17-15-32)21-24(33)22-31-28-8-4-2-6-26(28)27-7-3-5-9-29(27)31/h2-13,24,32-33H,14-22H2,1H3/t24-/m0/s1. The van der Waals surface area contributed by atoms with Crippen molar-refractivity contribution in [3.63, 3.8) is 0 Å². The van der Waals surface area contributed by atoms with Crippen LogP contribution in [0.2, 0.25) is 0 Å². The Morgan fingerprint density at radius 2 is 1.50 bits per heavy atom. The predicted octanol–water partition coefficient (Wildman–Crippen LogP) is 3.69. The number of aliphatic hydroxyl groups excluding tert-OH is 2. The molecule has 0 bridgehead atoms. The van der Waals surface area contributed by atoms with Gasteiger partial charge in [0, 0.05) is 48.5 Å². The molecule has 2 N–H and O–H groups in total. The van der Waals surface area contributed by atoms with Crippen LogP contribution in [0.4, 0.5) is 0 Å². The molecule has 0 aliphatic carbocycles. The molecule has 7 nitrogen and oxygen atoms in total. The zero-order valence-electron chi connectivity index (χ0n) is 20.9. The monoisotopic (exact) mass is 492 g/mol. The van der Waals surface area contributed by atoms with Crippen LogP contribution in [0.3, 0.4) is 0 Å². The van der Waals surface area contributed by atoms with E-state index in [1.54, 1.807) is 7.11 Å². The predicted molar refractivity (Wildman–Crippen MR) is 142 cm³/mol. The number of benzene rings is 3. The van der Waals surface area contributed by atoms with E-state index < -0.39 is 6.10 Å². The van der Waals surface area contributed by atoms with E-state index in [2.05, 4.69) is 45.9 Å². The molecule has 0 aliphatic rings. The summed E-state index contributed by atoms with van der Waals surface area (Å²) < 4.78 is 18.5. The molecule has 0 aliphatic heterocycles. The number of hydrogen-bond donors (Lipinski definition) is 2. The van der Waals surface area contributed by atoms with Crippen molar-refractivity contribution < 1.29 is 24.4 Å². The van der Waals surface area contributed by atoms with E-state index in [1.165, 1.54) is 10.8 Å². The summed E-state index contributed by atoms with van der Waals surface area (Å²) in [6.45, 7) is 4.29. The Labute approximate surface area is 212 Å². The normalized spacial score (nSPS) is 12.6. The summed E-state index contributed by atoms with van der Waals surface area (Å²) in [5, 5.41) is 22.3. The zero-order valence-corrected chi connectivity index (χ0v) is 20.9. The number of ether oxygens (including phenoxy) is 3. The van der Waals surface area contributed by atoms with Crippen LogP contribution >= 0.6 is 0 Å². The van der Waals surface area contributed by atoms with E-state index in [4.69, 9.17) is 19.3 Å². The van der Waals surface area contributed by atoms with Crippen molar-refractivity contribution in [1.82, 2.24) is 9.47 Å². The van der Waals surface area contributed by atoms with Crippen molar-refractivity contribution in [3.8, 4) is 5.75 Å². The average molecular weight is 493 g/mol. The van der Waals surface area contributed by atoms with Crippen LogP contribution < -0.4 is 4.74 Å². The van der Waals surface area contributed by atoms with E-state index in [-0.39, 0.29) is 6.61 Å². The number of methoxy groups -OCH3 is 1. The third-order valence-electron chi connectivity index (χ3n) is 6.22. The topological polar surface area (TPSA) is 76.3 Å². The lowest BCUT2D eigenvalue weighted by atomic mass is 10.2. The van der Waals surface area contributed by atoms with Gasteiger partial charge in [-0.3, -0.25) is 4.90 Å². The Morgan fingerprint density at radius 3 is 2.14 bits per heavy atom. The minimum atomic E-state index is -0.539. The van der Waals surface area contributed by atoms with E-state index in [0.29, 0.717) is 46.1 Å². The summed E-state index contributed by atoms with van der Waals surface area (Å²) in [5.74, 6) is 0.779. The van der Waals surface area contributed by atoms with Gasteiger partial charge in [-0.15, -0.1) is 0 Å². The Morgan fingerprint density at radius 1 is 0.833 bits per heavy atom. The number of rotatable bonds is 15. The Hall–Kier alpha value is -2.94. The molecule has 0 spiro atoms. The number of fused-ring (bicyclic) bond motifs is 3. The maximum absolute atomic E-state index is 11.1. The van der Waals surface area contributed by atoms with Crippen LogP contribution in [-0.2, 0) is 22.6 Å². The van der Waals surface area contributed by atoms with Crippen LogP contribution in [0.1, 0.15) is 5.56 Å². The van der Waals surface area contributed by atoms with E-state index in [1.807, 2.05) is 36.4 Å². The number of aromatic nitrogens is 1. The SMILES string of the molecule is COCCN(Cc1ccc(OCCOCCO)cc1)C[C@H](O)Cn1c2ccccc2c2ccccc21. The second kappa shape index (κ2) is 13.4. The molecule has 0 radical (unpaired) electrons. The first-order valence-corrected chi connectivity index (χ1v) is 12.4. The summed E-state index contributed by atoms with van der Waals surface area (Å²) >= 11 is 0. The minimum Gasteiger partial charge on any atom is -0.491 e. The van der Waals surface area contributed by atoms with Gasteiger partial charge in [-0.25, -0.2) is 0 Å². The highest BCUT2D eigenvalue weighted by Gasteiger charge is 2.17. The molecule has 36 heavy (non-hydrogen) atoms. The summed E-state index contributed by atoms with van der Waals surface area (Å²) in [6.07, 6.45) is -0.539. The van der Waals surface area contributed by atoms with Gasteiger partial charge < -0.3 is 29.0 Å². The molecule has 0 saturated heterocycles. The first-order chi connectivity index (χ1) is 17.7. The van der Waals surface area contributed by atoms with Gasteiger partial charge in [-0.05, 0) is 29.8 Å². The maximum atomic E-state index is 11.1. The van der Waals surface area contributed by atoms with Crippen molar-refractivity contribution in [2.24, 2.45) is 0 Å².